The van der Waals surface area contributed by atoms with E-state index in [0.29, 0.717) is 28.1 Å². The lowest BCUT2D eigenvalue weighted by Crippen LogP contribution is -2.32. The van der Waals surface area contributed by atoms with E-state index >= 15 is 0 Å². The quantitative estimate of drug-likeness (QED) is 0.640. The summed E-state index contributed by atoms with van der Waals surface area (Å²) >= 11 is 3.41. The topological polar surface area (TPSA) is 86.4 Å². The van der Waals surface area contributed by atoms with E-state index in [1.54, 1.807) is 12.1 Å². The lowest BCUT2D eigenvalue weighted by Gasteiger charge is -2.21. The molecule has 1 aromatic carbocycles. The van der Waals surface area contributed by atoms with Crippen molar-refractivity contribution in [2.24, 2.45) is 0 Å². The second-order valence-corrected chi connectivity index (χ2v) is 5.80. The third-order valence-electron chi connectivity index (χ3n) is 3.20. The Kier molecular flexibility index (Phi) is 8.67. The average Bonchev–Trinajstić information content (AvgIpc) is 2.59. The highest BCUT2D eigenvalue weighted by Gasteiger charge is 2.20. The first kappa shape index (κ1) is 19.8. The number of amides is 1. The Labute approximate surface area is 150 Å². The second-order valence-electron chi connectivity index (χ2n) is 4.95. The van der Waals surface area contributed by atoms with Crippen LogP contribution in [-0.2, 0) is 0 Å². The Balaban J connectivity index is 3.09. The lowest BCUT2D eigenvalue weighted by molar-refractivity contribution is 0.0762. The summed E-state index contributed by atoms with van der Waals surface area (Å²) in [6.07, 6.45) is 1.28. The smallest absolute Gasteiger partial charge is 0.254 e. The van der Waals surface area contributed by atoms with Crippen LogP contribution in [0, 0.1) is 22.7 Å². The minimum Gasteiger partial charge on any atom is -0.493 e. The van der Waals surface area contributed by atoms with Crippen molar-refractivity contribution in [2.45, 2.75) is 26.2 Å². The molecule has 1 rings (SSSR count). The Hall–Kier alpha value is -2.25. The third kappa shape index (κ3) is 5.43. The van der Waals surface area contributed by atoms with E-state index < -0.39 is 0 Å². The molecule has 0 N–H and O–H groups in total. The van der Waals surface area contributed by atoms with Crippen molar-refractivity contribution < 1.29 is 14.3 Å². The van der Waals surface area contributed by atoms with Gasteiger partial charge in [-0.15, -0.1) is 0 Å². The molecule has 0 radical (unpaired) electrons. The predicted molar refractivity (Wildman–Crippen MR) is 92.8 cm³/mol. The van der Waals surface area contributed by atoms with E-state index in [9.17, 15) is 4.79 Å². The van der Waals surface area contributed by atoms with Crippen molar-refractivity contribution in [1.29, 1.82) is 10.5 Å². The first-order valence-electron chi connectivity index (χ1n) is 7.62. The normalized spacial score (nSPS) is 9.71. The van der Waals surface area contributed by atoms with E-state index in [1.165, 1.54) is 12.0 Å². The molecule has 0 spiro atoms. The highest BCUT2D eigenvalue weighted by molar-refractivity contribution is 9.10. The van der Waals surface area contributed by atoms with Crippen LogP contribution < -0.4 is 9.47 Å². The van der Waals surface area contributed by atoms with Gasteiger partial charge in [-0.3, -0.25) is 4.79 Å². The van der Waals surface area contributed by atoms with Gasteiger partial charge in [0.25, 0.3) is 5.91 Å². The van der Waals surface area contributed by atoms with Crippen molar-refractivity contribution in [1.82, 2.24) is 4.90 Å². The highest BCUT2D eigenvalue weighted by Crippen LogP contribution is 2.37. The molecule has 0 atom stereocenters. The number of halogens is 1. The van der Waals surface area contributed by atoms with Gasteiger partial charge in [0.15, 0.2) is 11.5 Å². The number of methoxy groups -OCH3 is 1. The van der Waals surface area contributed by atoms with E-state index in [4.69, 9.17) is 20.0 Å². The van der Waals surface area contributed by atoms with Crippen LogP contribution in [-0.4, -0.2) is 37.6 Å². The first-order valence-corrected chi connectivity index (χ1v) is 8.41. The monoisotopic (exact) mass is 393 g/mol. The van der Waals surface area contributed by atoms with Crippen LogP contribution in [0.25, 0.3) is 0 Å². The maximum atomic E-state index is 12.7. The summed E-state index contributed by atoms with van der Waals surface area (Å²) in [4.78, 5) is 14.2. The van der Waals surface area contributed by atoms with E-state index in [-0.39, 0.29) is 31.8 Å². The molecule has 24 heavy (non-hydrogen) atoms. The van der Waals surface area contributed by atoms with Crippen LogP contribution in [0.15, 0.2) is 16.6 Å². The summed E-state index contributed by atoms with van der Waals surface area (Å²) in [5, 5.41) is 17.5. The summed E-state index contributed by atoms with van der Waals surface area (Å²) in [6.45, 7) is 3.11. The molecule has 0 aromatic heterocycles. The van der Waals surface area contributed by atoms with Gasteiger partial charge in [-0.2, -0.15) is 10.5 Å². The minimum absolute atomic E-state index is 0.215. The molecule has 0 unspecified atom stereocenters. The minimum atomic E-state index is -0.249. The van der Waals surface area contributed by atoms with Crippen LogP contribution >= 0.6 is 15.9 Å². The molecule has 0 aliphatic heterocycles. The zero-order valence-electron chi connectivity index (χ0n) is 13.8. The number of hydrogen-bond acceptors (Lipinski definition) is 5. The van der Waals surface area contributed by atoms with Gasteiger partial charge in [0, 0.05) is 18.7 Å². The Bertz CT molecular complexity index is 632. The van der Waals surface area contributed by atoms with Gasteiger partial charge in [0.1, 0.15) is 0 Å². The molecule has 7 heteroatoms. The molecule has 1 amide bonds. The fraction of sp³-hybridized carbons (Fsp3) is 0.471. The fourth-order valence-corrected chi connectivity index (χ4v) is 2.61. The molecule has 6 nitrogen and oxygen atoms in total. The Morgan fingerprint density at radius 3 is 2.38 bits per heavy atom. The number of benzene rings is 1. The van der Waals surface area contributed by atoms with Crippen LogP contribution in [0.5, 0.6) is 11.5 Å². The van der Waals surface area contributed by atoms with E-state index in [2.05, 4.69) is 15.9 Å². The maximum Gasteiger partial charge on any atom is 0.254 e. The highest BCUT2D eigenvalue weighted by atomic mass is 79.9. The van der Waals surface area contributed by atoms with Crippen molar-refractivity contribution >= 4 is 21.8 Å². The average molecular weight is 394 g/mol. The molecule has 0 bridgehead atoms. The van der Waals surface area contributed by atoms with Gasteiger partial charge in [-0.05, 0) is 34.5 Å². The van der Waals surface area contributed by atoms with Gasteiger partial charge in [-0.1, -0.05) is 6.92 Å². The number of carbonyl (C=O) groups excluding carboxylic acids is 1. The number of nitriles is 2. The SMILES string of the molecule is CCCOc1c(Br)cc(C(=O)N(CCC#N)CCC#N)cc1OC. The fourth-order valence-electron chi connectivity index (χ4n) is 2.05. The molecular weight excluding hydrogens is 374 g/mol. The van der Waals surface area contributed by atoms with Gasteiger partial charge in [0.2, 0.25) is 0 Å². The predicted octanol–water partition coefficient (Wildman–Crippen LogP) is 3.52. The van der Waals surface area contributed by atoms with Gasteiger partial charge in [0.05, 0.1) is 43.2 Å². The molecule has 0 saturated heterocycles. The number of carbonyl (C=O) groups is 1. The van der Waals surface area contributed by atoms with Crippen LogP contribution in [0.2, 0.25) is 0 Å². The summed E-state index contributed by atoms with van der Waals surface area (Å²) < 4.78 is 11.6. The standard InChI is InChI=1S/C17H20BrN3O3/c1-3-10-24-16-14(18)11-13(12-15(16)23-2)17(22)21(8-4-6-19)9-5-7-20/h11-12H,3-5,8-10H2,1-2H3. The summed E-state index contributed by atoms with van der Waals surface area (Å²) in [6, 6.07) is 7.32. The third-order valence-corrected chi connectivity index (χ3v) is 3.79. The second kappa shape index (κ2) is 10.5. The molecule has 0 aliphatic carbocycles. The molecule has 0 saturated carbocycles. The van der Waals surface area contributed by atoms with Gasteiger partial charge in [-0.25, -0.2) is 0 Å². The molecule has 0 heterocycles. The molecule has 0 aliphatic rings. The number of rotatable bonds is 9. The summed E-state index contributed by atoms with van der Waals surface area (Å²) in [5.41, 5.74) is 0.415. The van der Waals surface area contributed by atoms with Crippen LogP contribution in [0.3, 0.4) is 0 Å². The largest absolute Gasteiger partial charge is 0.493 e. The molecule has 128 valence electrons. The molecular formula is C17H20BrN3O3. The van der Waals surface area contributed by atoms with Gasteiger partial charge >= 0.3 is 0 Å². The van der Waals surface area contributed by atoms with Crippen LogP contribution in [0.1, 0.15) is 36.5 Å². The summed E-state index contributed by atoms with van der Waals surface area (Å²) in [5.74, 6) is 0.764. The Morgan fingerprint density at radius 2 is 1.88 bits per heavy atom. The van der Waals surface area contributed by atoms with E-state index in [1.807, 2.05) is 19.1 Å². The van der Waals surface area contributed by atoms with Crippen molar-refractivity contribution in [3.05, 3.63) is 22.2 Å². The van der Waals surface area contributed by atoms with Crippen molar-refractivity contribution in [2.75, 3.05) is 26.8 Å². The van der Waals surface area contributed by atoms with E-state index in [0.717, 1.165) is 6.42 Å². The lowest BCUT2D eigenvalue weighted by atomic mass is 10.1. The summed E-state index contributed by atoms with van der Waals surface area (Å²) in [7, 11) is 1.51. The van der Waals surface area contributed by atoms with Crippen LogP contribution in [0.4, 0.5) is 0 Å². The number of hydrogen-bond donors (Lipinski definition) is 0. The maximum absolute atomic E-state index is 12.7. The molecule has 0 fully saturated rings. The van der Waals surface area contributed by atoms with Crippen molar-refractivity contribution in [3.63, 3.8) is 0 Å². The van der Waals surface area contributed by atoms with Gasteiger partial charge < -0.3 is 14.4 Å². The Morgan fingerprint density at radius 1 is 1.25 bits per heavy atom. The first-order chi connectivity index (χ1) is 11.6. The zero-order chi connectivity index (χ0) is 17.9. The zero-order valence-corrected chi connectivity index (χ0v) is 15.4. The number of nitrogens with zero attached hydrogens (tertiary/aromatic N) is 3. The molecule has 1 aromatic rings. The van der Waals surface area contributed by atoms with Crippen molar-refractivity contribution in [3.8, 4) is 23.6 Å². The number of ether oxygens (including phenoxy) is 2.